The molecule has 0 bridgehead atoms. The normalized spacial score (nSPS) is 33.0. The molecule has 3 rings (SSSR count). The van der Waals surface area contributed by atoms with Crippen molar-refractivity contribution >= 4 is 29.1 Å². The molecule has 0 spiro atoms. The summed E-state index contributed by atoms with van der Waals surface area (Å²) >= 11 is 3.81. The minimum atomic E-state index is -0.756. The van der Waals surface area contributed by atoms with Gasteiger partial charge in [-0.15, -0.1) is 0 Å². The second-order valence-corrected chi connectivity index (χ2v) is 11.1. The molecule has 2 fully saturated rings. The Balaban J connectivity index is 1.84. The Morgan fingerprint density at radius 2 is 2.00 bits per heavy atom. The van der Waals surface area contributed by atoms with E-state index in [1.54, 1.807) is 17.1 Å². The van der Waals surface area contributed by atoms with Gasteiger partial charge in [-0.1, -0.05) is 35.9 Å². The van der Waals surface area contributed by atoms with E-state index in [0.29, 0.717) is 19.8 Å². The standard InChI is InChI=1S/C20H30BBrFNO4/c1-18(2,3)28-17(25)24-10-6-7-16(24)15-11-14(23)8-9-20(15,22)21-26-12-19(4,5)13-27-21/h8-9,11,15-16H,6-7,10,12-13H2,1-5H3. The van der Waals surface area contributed by atoms with Crippen LogP contribution in [0.5, 0.6) is 0 Å². The number of ether oxygens (including phenoxy) is 1. The number of amides is 1. The van der Waals surface area contributed by atoms with Gasteiger partial charge in [0.05, 0.1) is 4.22 Å². The first kappa shape index (κ1) is 21.8. The summed E-state index contributed by atoms with van der Waals surface area (Å²) in [5.41, 5.74) is -0.644. The van der Waals surface area contributed by atoms with Gasteiger partial charge >= 0.3 is 13.2 Å². The zero-order valence-electron chi connectivity index (χ0n) is 17.3. The fraction of sp³-hybridized carbons (Fsp3) is 0.750. The average molecular weight is 458 g/mol. The molecule has 0 aromatic heterocycles. The molecule has 0 aromatic carbocycles. The average Bonchev–Trinajstić information content (AvgIpc) is 3.05. The van der Waals surface area contributed by atoms with Gasteiger partial charge in [0.2, 0.25) is 0 Å². The third-order valence-corrected chi connectivity index (χ3v) is 6.47. The Hall–Kier alpha value is -0.855. The van der Waals surface area contributed by atoms with Crippen molar-refractivity contribution in [2.75, 3.05) is 19.8 Å². The molecule has 0 aromatic rings. The summed E-state index contributed by atoms with van der Waals surface area (Å²) in [6.07, 6.45) is 6.04. The summed E-state index contributed by atoms with van der Waals surface area (Å²) < 4.78 is 31.1. The third-order valence-electron chi connectivity index (χ3n) is 5.30. The highest BCUT2D eigenvalue weighted by atomic mass is 79.9. The van der Waals surface area contributed by atoms with Crippen LogP contribution in [0, 0.1) is 11.3 Å². The summed E-state index contributed by atoms with van der Waals surface area (Å²) in [5.74, 6) is -0.647. The first-order chi connectivity index (χ1) is 12.9. The third kappa shape index (κ3) is 4.65. The molecule has 28 heavy (non-hydrogen) atoms. The fourth-order valence-electron chi connectivity index (χ4n) is 3.98. The van der Waals surface area contributed by atoms with Crippen LogP contribution >= 0.6 is 15.9 Å². The summed E-state index contributed by atoms with van der Waals surface area (Å²) in [4.78, 5) is 14.5. The summed E-state index contributed by atoms with van der Waals surface area (Å²) in [5, 5.41) is 0. The number of hydrogen-bond acceptors (Lipinski definition) is 4. The maximum Gasteiger partial charge on any atom is 0.479 e. The lowest BCUT2D eigenvalue weighted by Gasteiger charge is -2.45. The molecule has 0 saturated carbocycles. The quantitative estimate of drug-likeness (QED) is 0.447. The molecule has 156 valence electrons. The van der Waals surface area contributed by atoms with Crippen molar-refractivity contribution in [1.82, 2.24) is 4.90 Å². The molecular formula is C20H30BBrFNO4. The van der Waals surface area contributed by atoms with Gasteiger partial charge in [0.1, 0.15) is 11.4 Å². The van der Waals surface area contributed by atoms with Crippen LogP contribution in [0.3, 0.4) is 0 Å². The topological polar surface area (TPSA) is 48.0 Å². The first-order valence-electron chi connectivity index (χ1n) is 9.90. The van der Waals surface area contributed by atoms with Crippen LogP contribution in [0.15, 0.2) is 24.1 Å². The number of hydrogen-bond donors (Lipinski definition) is 0. The van der Waals surface area contributed by atoms with Crippen LogP contribution in [0.1, 0.15) is 47.5 Å². The van der Waals surface area contributed by atoms with Crippen molar-refractivity contribution in [2.45, 2.75) is 63.3 Å². The number of likely N-dealkylation sites (tertiary alicyclic amines) is 1. The van der Waals surface area contributed by atoms with Gasteiger partial charge in [-0.25, -0.2) is 9.18 Å². The van der Waals surface area contributed by atoms with Gasteiger partial charge in [0, 0.05) is 37.1 Å². The van der Waals surface area contributed by atoms with Crippen LogP contribution in [0.25, 0.3) is 0 Å². The van der Waals surface area contributed by atoms with Crippen molar-refractivity contribution in [3.05, 3.63) is 24.1 Å². The Morgan fingerprint density at radius 1 is 1.36 bits per heavy atom. The highest BCUT2D eigenvalue weighted by molar-refractivity contribution is 9.10. The Bertz CT molecular complexity index is 668. The second-order valence-electron chi connectivity index (χ2n) is 9.74. The molecular weight excluding hydrogens is 428 g/mol. The van der Waals surface area contributed by atoms with Gasteiger partial charge in [0.25, 0.3) is 0 Å². The predicted octanol–water partition coefficient (Wildman–Crippen LogP) is 4.66. The van der Waals surface area contributed by atoms with Crippen molar-refractivity contribution in [2.24, 2.45) is 11.3 Å². The molecule has 1 amide bonds. The lowest BCUT2D eigenvalue weighted by molar-refractivity contribution is 0.0125. The summed E-state index contributed by atoms with van der Waals surface area (Å²) in [6, 6.07) is -0.202. The molecule has 5 nitrogen and oxygen atoms in total. The lowest BCUT2D eigenvalue weighted by atomic mass is 9.59. The van der Waals surface area contributed by atoms with Crippen LogP contribution in [0.2, 0.25) is 0 Å². The first-order valence-corrected chi connectivity index (χ1v) is 10.7. The number of halogens is 2. The minimum Gasteiger partial charge on any atom is -0.444 e. The van der Waals surface area contributed by atoms with Gasteiger partial charge < -0.3 is 18.9 Å². The molecule has 2 heterocycles. The molecule has 1 aliphatic carbocycles. The minimum absolute atomic E-state index is 0.0647. The van der Waals surface area contributed by atoms with Crippen LogP contribution in [-0.2, 0) is 14.0 Å². The Labute approximate surface area is 175 Å². The number of nitrogens with zero attached hydrogens (tertiary/aromatic N) is 1. The van der Waals surface area contributed by atoms with Crippen LogP contribution in [-0.4, -0.2) is 53.7 Å². The van der Waals surface area contributed by atoms with E-state index in [2.05, 4.69) is 29.8 Å². The number of allylic oxidation sites excluding steroid dienone is 3. The fourth-order valence-corrected chi connectivity index (χ4v) is 4.81. The predicted molar refractivity (Wildman–Crippen MR) is 111 cm³/mol. The maximum atomic E-state index is 14.3. The molecule has 2 saturated heterocycles. The molecule has 0 N–H and O–H groups in total. The van der Waals surface area contributed by atoms with Gasteiger partial charge in [-0.05, 0) is 45.8 Å². The molecule has 0 radical (unpaired) electrons. The Kier molecular flexibility index (Phi) is 6.06. The van der Waals surface area contributed by atoms with E-state index in [1.807, 2.05) is 20.8 Å². The van der Waals surface area contributed by atoms with Gasteiger partial charge in [-0.3, -0.25) is 0 Å². The van der Waals surface area contributed by atoms with E-state index in [-0.39, 0.29) is 29.3 Å². The van der Waals surface area contributed by atoms with E-state index >= 15 is 0 Å². The van der Waals surface area contributed by atoms with E-state index < -0.39 is 16.9 Å². The van der Waals surface area contributed by atoms with E-state index in [4.69, 9.17) is 14.0 Å². The molecule has 3 aliphatic rings. The number of carbonyl (C=O) groups is 1. The smallest absolute Gasteiger partial charge is 0.444 e. The second kappa shape index (κ2) is 7.76. The largest absolute Gasteiger partial charge is 0.479 e. The van der Waals surface area contributed by atoms with Gasteiger partial charge in [0.15, 0.2) is 0 Å². The van der Waals surface area contributed by atoms with E-state index in [1.165, 1.54) is 6.08 Å². The molecule has 3 atom stereocenters. The SMILES string of the molecule is CC1(C)COB(C2(Br)C=CC(F)=CC2C2CCCN2C(=O)OC(C)(C)C)OC1. The van der Waals surface area contributed by atoms with Crippen molar-refractivity contribution in [3.8, 4) is 0 Å². The van der Waals surface area contributed by atoms with E-state index in [0.717, 1.165) is 12.8 Å². The molecule has 8 heteroatoms. The zero-order chi connectivity index (χ0) is 20.7. The van der Waals surface area contributed by atoms with Crippen LogP contribution < -0.4 is 0 Å². The monoisotopic (exact) mass is 457 g/mol. The summed E-state index contributed by atoms with van der Waals surface area (Å²) in [7, 11) is -0.563. The van der Waals surface area contributed by atoms with Gasteiger partial charge in [-0.2, -0.15) is 0 Å². The van der Waals surface area contributed by atoms with Crippen molar-refractivity contribution < 1.29 is 23.2 Å². The highest BCUT2D eigenvalue weighted by Crippen LogP contribution is 2.45. The van der Waals surface area contributed by atoms with Crippen molar-refractivity contribution in [3.63, 3.8) is 0 Å². The number of rotatable bonds is 2. The van der Waals surface area contributed by atoms with E-state index in [9.17, 15) is 9.18 Å². The molecule has 3 unspecified atom stereocenters. The lowest BCUT2D eigenvalue weighted by Crippen LogP contribution is -2.59. The number of alkyl halides is 1. The zero-order valence-corrected chi connectivity index (χ0v) is 18.9. The Morgan fingerprint density at radius 3 is 2.61 bits per heavy atom. The van der Waals surface area contributed by atoms with Crippen LogP contribution in [0.4, 0.5) is 9.18 Å². The van der Waals surface area contributed by atoms with Crippen molar-refractivity contribution in [1.29, 1.82) is 0 Å². The maximum absolute atomic E-state index is 14.3. The summed E-state index contributed by atoms with van der Waals surface area (Å²) in [6.45, 7) is 11.4. The highest BCUT2D eigenvalue weighted by Gasteiger charge is 2.55. The molecule has 2 aliphatic heterocycles. The number of carbonyl (C=O) groups excluding carboxylic acids is 1.